The SMILES string of the molecule is O=C1C2CCC3C(C2)C13. The molecule has 0 N–H and O–H groups in total. The maximum atomic E-state index is 11.2. The van der Waals surface area contributed by atoms with Crippen LogP contribution in [0.3, 0.4) is 0 Å². The van der Waals surface area contributed by atoms with Crippen molar-refractivity contribution in [3.8, 4) is 0 Å². The van der Waals surface area contributed by atoms with E-state index in [0.29, 0.717) is 17.6 Å². The summed E-state index contributed by atoms with van der Waals surface area (Å²) in [5, 5.41) is 0. The van der Waals surface area contributed by atoms with Crippen LogP contribution in [0.1, 0.15) is 19.3 Å². The topological polar surface area (TPSA) is 17.1 Å². The van der Waals surface area contributed by atoms with Gasteiger partial charge in [0.15, 0.2) is 0 Å². The fraction of sp³-hybridized carbons (Fsp3) is 0.875. The summed E-state index contributed by atoms with van der Waals surface area (Å²) in [7, 11) is 0. The van der Waals surface area contributed by atoms with Crippen LogP contribution < -0.4 is 0 Å². The minimum absolute atomic E-state index is 0.519. The summed E-state index contributed by atoms with van der Waals surface area (Å²) in [6.45, 7) is 0. The summed E-state index contributed by atoms with van der Waals surface area (Å²) in [6.07, 6.45) is 3.84. The number of carbonyl (C=O) groups is 1. The lowest BCUT2D eigenvalue weighted by Gasteiger charge is -2.18. The lowest BCUT2D eigenvalue weighted by atomic mass is 9.85. The van der Waals surface area contributed by atoms with E-state index in [1.807, 2.05) is 0 Å². The van der Waals surface area contributed by atoms with Crippen molar-refractivity contribution < 1.29 is 4.79 Å². The zero-order valence-corrected chi connectivity index (χ0v) is 5.34. The van der Waals surface area contributed by atoms with E-state index in [4.69, 9.17) is 0 Å². The van der Waals surface area contributed by atoms with Gasteiger partial charge in [-0.1, -0.05) is 0 Å². The van der Waals surface area contributed by atoms with Gasteiger partial charge in [0.2, 0.25) is 0 Å². The molecule has 4 saturated carbocycles. The van der Waals surface area contributed by atoms with E-state index < -0.39 is 0 Å². The Hall–Kier alpha value is -0.330. The van der Waals surface area contributed by atoms with Gasteiger partial charge in [-0.25, -0.2) is 0 Å². The summed E-state index contributed by atoms with van der Waals surface area (Å²) >= 11 is 0. The Morgan fingerprint density at radius 2 is 2.11 bits per heavy atom. The molecule has 4 atom stereocenters. The third kappa shape index (κ3) is 0.347. The molecule has 0 spiro atoms. The molecule has 4 fully saturated rings. The highest BCUT2D eigenvalue weighted by molar-refractivity contribution is 5.90. The van der Waals surface area contributed by atoms with Gasteiger partial charge in [-0.15, -0.1) is 0 Å². The van der Waals surface area contributed by atoms with E-state index in [9.17, 15) is 4.79 Å². The number of fused-ring (bicyclic) bond motifs is 1. The summed E-state index contributed by atoms with van der Waals surface area (Å²) in [5.74, 6) is 3.45. The number of hydrogen-bond donors (Lipinski definition) is 0. The van der Waals surface area contributed by atoms with E-state index in [-0.39, 0.29) is 0 Å². The smallest absolute Gasteiger partial charge is 0.139 e. The van der Waals surface area contributed by atoms with Gasteiger partial charge in [0, 0.05) is 11.8 Å². The second kappa shape index (κ2) is 1.09. The molecule has 0 aromatic heterocycles. The minimum Gasteiger partial charge on any atom is -0.299 e. The maximum Gasteiger partial charge on any atom is 0.139 e. The predicted molar refractivity (Wildman–Crippen MR) is 32.8 cm³/mol. The zero-order chi connectivity index (χ0) is 6.01. The van der Waals surface area contributed by atoms with Gasteiger partial charge in [-0.05, 0) is 31.1 Å². The van der Waals surface area contributed by atoms with Gasteiger partial charge in [-0.3, -0.25) is 4.79 Å². The van der Waals surface area contributed by atoms with Crippen LogP contribution in [0.25, 0.3) is 0 Å². The molecule has 4 unspecified atom stereocenters. The molecule has 1 heteroatoms. The van der Waals surface area contributed by atoms with Crippen molar-refractivity contribution >= 4 is 5.78 Å². The second-order valence-corrected chi connectivity index (χ2v) is 3.77. The first-order valence-electron chi connectivity index (χ1n) is 3.91. The number of rotatable bonds is 0. The zero-order valence-electron chi connectivity index (χ0n) is 5.34. The normalized spacial score (nSPS) is 60.2. The first kappa shape index (κ1) is 4.48. The molecule has 4 bridgehead atoms. The molecule has 9 heavy (non-hydrogen) atoms. The molecule has 0 amide bonds. The molecule has 0 aromatic rings. The van der Waals surface area contributed by atoms with Crippen molar-refractivity contribution in [1.29, 1.82) is 0 Å². The quantitative estimate of drug-likeness (QED) is 0.472. The fourth-order valence-electron chi connectivity index (χ4n) is 2.95. The third-order valence-corrected chi connectivity index (χ3v) is 3.47. The van der Waals surface area contributed by atoms with Gasteiger partial charge >= 0.3 is 0 Å². The Kier molecular flexibility index (Phi) is 0.544. The van der Waals surface area contributed by atoms with Crippen LogP contribution in [0.2, 0.25) is 0 Å². The molecule has 0 saturated heterocycles. The van der Waals surface area contributed by atoms with Gasteiger partial charge in [-0.2, -0.15) is 0 Å². The fourth-order valence-corrected chi connectivity index (χ4v) is 2.95. The Bertz CT molecular complexity index is 177. The largest absolute Gasteiger partial charge is 0.299 e. The van der Waals surface area contributed by atoms with Crippen LogP contribution in [0, 0.1) is 23.7 Å². The summed E-state index contributed by atoms with van der Waals surface area (Å²) in [4.78, 5) is 11.2. The number of Topliss-reactive ketones (excluding diaryl/α,β-unsaturated/α-hetero) is 1. The Balaban J connectivity index is 2.06. The molecule has 48 valence electrons. The summed E-state index contributed by atoms with van der Waals surface area (Å²) in [6, 6.07) is 0. The second-order valence-electron chi connectivity index (χ2n) is 3.77. The third-order valence-electron chi connectivity index (χ3n) is 3.47. The highest BCUT2D eigenvalue weighted by atomic mass is 16.1. The van der Waals surface area contributed by atoms with Crippen LogP contribution in [-0.2, 0) is 4.79 Å². The lowest BCUT2D eigenvalue weighted by molar-refractivity contribution is -0.124. The van der Waals surface area contributed by atoms with Crippen LogP contribution in [-0.4, -0.2) is 5.78 Å². The van der Waals surface area contributed by atoms with Crippen LogP contribution >= 0.6 is 0 Å². The molecular formula is C8H10O. The van der Waals surface area contributed by atoms with Gasteiger partial charge < -0.3 is 0 Å². The molecule has 1 nitrogen and oxygen atoms in total. The van der Waals surface area contributed by atoms with Crippen molar-refractivity contribution in [2.75, 3.05) is 0 Å². The first-order valence-corrected chi connectivity index (χ1v) is 3.91. The number of carbonyl (C=O) groups excluding carboxylic acids is 1. The molecular weight excluding hydrogens is 112 g/mol. The van der Waals surface area contributed by atoms with Crippen molar-refractivity contribution in [3.63, 3.8) is 0 Å². The maximum absolute atomic E-state index is 11.2. The van der Waals surface area contributed by atoms with Crippen molar-refractivity contribution in [2.24, 2.45) is 23.7 Å². The highest BCUT2D eigenvalue weighted by Crippen LogP contribution is 2.64. The first-order chi connectivity index (χ1) is 4.38. The van der Waals surface area contributed by atoms with Crippen LogP contribution in [0.5, 0.6) is 0 Å². The monoisotopic (exact) mass is 122 g/mol. The molecule has 0 aromatic carbocycles. The molecule has 4 rings (SSSR count). The van der Waals surface area contributed by atoms with Gasteiger partial charge in [0.05, 0.1) is 0 Å². The molecule has 4 aliphatic carbocycles. The summed E-state index contributed by atoms with van der Waals surface area (Å²) < 4.78 is 0. The van der Waals surface area contributed by atoms with E-state index in [2.05, 4.69) is 0 Å². The Labute approximate surface area is 54.4 Å². The average molecular weight is 122 g/mol. The predicted octanol–water partition coefficient (Wildman–Crippen LogP) is 1.23. The Morgan fingerprint density at radius 1 is 1.22 bits per heavy atom. The van der Waals surface area contributed by atoms with E-state index in [1.165, 1.54) is 19.3 Å². The van der Waals surface area contributed by atoms with Crippen LogP contribution in [0.15, 0.2) is 0 Å². The van der Waals surface area contributed by atoms with Crippen molar-refractivity contribution in [1.82, 2.24) is 0 Å². The lowest BCUT2D eigenvalue weighted by Crippen LogP contribution is -2.19. The summed E-state index contributed by atoms with van der Waals surface area (Å²) in [5.41, 5.74) is 0. The minimum atomic E-state index is 0.519. The van der Waals surface area contributed by atoms with Crippen LogP contribution in [0.4, 0.5) is 0 Å². The van der Waals surface area contributed by atoms with E-state index >= 15 is 0 Å². The molecule has 0 heterocycles. The number of ketones is 1. The molecule has 0 radical (unpaired) electrons. The standard InChI is InChI=1S/C8H10O/c9-8-4-1-2-5-6(3-4)7(5)8/h4-7H,1-3H2. The molecule has 4 aliphatic rings. The van der Waals surface area contributed by atoms with E-state index in [0.717, 1.165) is 11.8 Å². The van der Waals surface area contributed by atoms with Crippen molar-refractivity contribution in [3.05, 3.63) is 0 Å². The van der Waals surface area contributed by atoms with Gasteiger partial charge in [0.25, 0.3) is 0 Å². The Morgan fingerprint density at radius 3 is 2.44 bits per heavy atom. The van der Waals surface area contributed by atoms with Crippen molar-refractivity contribution in [2.45, 2.75) is 19.3 Å². The highest BCUT2D eigenvalue weighted by Gasteiger charge is 2.64. The number of hydrogen-bond acceptors (Lipinski definition) is 1. The van der Waals surface area contributed by atoms with Gasteiger partial charge in [0.1, 0.15) is 5.78 Å². The van der Waals surface area contributed by atoms with E-state index in [1.54, 1.807) is 0 Å². The average Bonchev–Trinajstić information content (AvgIpc) is 2.52. The molecule has 0 aliphatic heterocycles.